The fourth-order valence-corrected chi connectivity index (χ4v) is 2.55. The molecule has 0 amide bonds. The quantitative estimate of drug-likeness (QED) is 0.877. The number of thiophene rings is 1. The van der Waals surface area contributed by atoms with Crippen molar-refractivity contribution >= 4 is 22.9 Å². The number of ether oxygens (including phenoxy) is 1. The van der Waals surface area contributed by atoms with E-state index in [-0.39, 0.29) is 0 Å². The van der Waals surface area contributed by atoms with E-state index in [2.05, 4.69) is 11.8 Å². The Morgan fingerprint density at radius 3 is 2.95 bits per heavy atom. The van der Waals surface area contributed by atoms with Crippen LogP contribution in [0, 0.1) is 18.8 Å². The average molecular weight is 292 g/mol. The van der Waals surface area contributed by atoms with Crippen molar-refractivity contribution in [3.8, 4) is 17.6 Å². The van der Waals surface area contributed by atoms with Crippen molar-refractivity contribution < 1.29 is 4.74 Å². The molecule has 0 radical (unpaired) electrons. The highest BCUT2D eigenvalue weighted by molar-refractivity contribution is 7.10. The van der Waals surface area contributed by atoms with Crippen LogP contribution in [0.3, 0.4) is 0 Å². The van der Waals surface area contributed by atoms with Crippen LogP contribution in [-0.4, -0.2) is 6.54 Å². The third kappa shape index (κ3) is 4.00. The van der Waals surface area contributed by atoms with E-state index in [0.717, 1.165) is 26.8 Å². The standard InChI is InChI=1S/C15H14ClNOS/c1-11-7-13(16)4-5-15(11)18-9-14-8-12(10-19-14)3-2-6-17/h4-5,7-8,10H,6,9,17H2,1H3. The van der Waals surface area contributed by atoms with Gasteiger partial charge < -0.3 is 10.5 Å². The Bertz CT molecular complexity index is 625. The molecule has 2 rings (SSSR count). The van der Waals surface area contributed by atoms with Gasteiger partial charge in [0.05, 0.1) is 6.54 Å². The Kier molecular flexibility index (Phi) is 4.86. The largest absolute Gasteiger partial charge is 0.488 e. The zero-order valence-electron chi connectivity index (χ0n) is 10.6. The molecule has 98 valence electrons. The summed E-state index contributed by atoms with van der Waals surface area (Å²) in [5, 5.41) is 2.73. The summed E-state index contributed by atoms with van der Waals surface area (Å²) in [6.07, 6.45) is 0. The summed E-state index contributed by atoms with van der Waals surface area (Å²) in [7, 11) is 0. The number of nitrogens with two attached hydrogens (primary N) is 1. The first kappa shape index (κ1) is 14.0. The van der Waals surface area contributed by atoms with Crippen LogP contribution in [-0.2, 0) is 6.61 Å². The predicted octanol–water partition coefficient (Wildman–Crippen LogP) is 3.60. The Balaban J connectivity index is 2.00. The molecule has 2 N–H and O–H groups in total. The van der Waals surface area contributed by atoms with Crippen molar-refractivity contribution in [3.63, 3.8) is 0 Å². The van der Waals surface area contributed by atoms with Gasteiger partial charge in [0.2, 0.25) is 0 Å². The first-order valence-electron chi connectivity index (χ1n) is 5.84. The highest BCUT2D eigenvalue weighted by Crippen LogP contribution is 2.24. The van der Waals surface area contributed by atoms with Gasteiger partial charge in [-0.25, -0.2) is 0 Å². The lowest BCUT2D eigenvalue weighted by molar-refractivity contribution is 0.307. The minimum Gasteiger partial charge on any atom is -0.488 e. The van der Waals surface area contributed by atoms with E-state index in [9.17, 15) is 0 Å². The van der Waals surface area contributed by atoms with Crippen molar-refractivity contribution in [3.05, 3.63) is 50.7 Å². The SMILES string of the molecule is Cc1cc(Cl)ccc1OCc1cc(C#CCN)cs1. The third-order valence-electron chi connectivity index (χ3n) is 2.50. The normalized spacial score (nSPS) is 9.84. The smallest absolute Gasteiger partial charge is 0.122 e. The molecule has 2 aromatic rings. The summed E-state index contributed by atoms with van der Waals surface area (Å²) in [5.74, 6) is 6.69. The lowest BCUT2D eigenvalue weighted by Gasteiger charge is -2.07. The fourth-order valence-electron chi connectivity index (χ4n) is 1.60. The van der Waals surface area contributed by atoms with E-state index >= 15 is 0 Å². The van der Waals surface area contributed by atoms with Gasteiger partial charge in [-0.05, 0) is 36.8 Å². The minimum atomic E-state index is 0.381. The fraction of sp³-hybridized carbons (Fsp3) is 0.200. The maximum atomic E-state index is 5.91. The summed E-state index contributed by atoms with van der Waals surface area (Å²) in [4.78, 5) is 1.13. The molecule has 0 saturated heterocycles. The summed E-state index contributed by atoms with van der Waals surface area (Å²) in [6, 6.07) is 7.64. The van der Waals surface area contributed by atoms with E-state index in [1.807, 2.05) is 36.6 Å². The highest BCUT2D eigenvalue weighted by atomic mass is 35.5. The van der Waals surface area contributed by atoms with Gasteiger partial charge in [0.1, 0.15) is 12.4 Å². The molecule has 0 saturated carbocycles. The van der Waals surface area contributed by atoms with Gasteiger partial charge >= 0.3 is 0 Å². The minimum absolute atomic E-state index is 0.381. The van der Waals surface area contributed by atoms with Crippen molar-refractivity contribution in [2.75, 3.05) is 6.54 Å². The van der Waals surface area contributed by atoms with Gasteiger partial charge in [-0.2, -0.15) is 0 Å². The Morgan fingerprint density at radius 2 is 2.21 bits per heavy atom. The van der Waals surface area contributed by atoms with Crippen LogP contribution in [0.5, 0.6) is 5.75 Å². The number of hydrogen-bond acceptors (Lipinski definition) is 3. The molecule has 2 nitrogen and oxygen atoms in total. The lowest BCUT2D eigenvalue weighted by atomic mass is 10.2. The number of benzene rings is 1. The van der Waals surface area contributed by atoms with Crippen LogP contribution < -0.4 is 10.5 Å². The van der Waals surface area contributed by atoms with Crippen LogP contribution in [0.4, 0.5) is 0 Å². The first-order chi connectivity index (χ1) is 9.19. The Labute approximate surface area is 122 Å². The second kappa shape index (κ2) is 6.63. The van der Waals surface area contributed by atoms with Gasteiger partial charge in [-0.3, -0.25) is 0 Å². The third-order valence-corrected chi connectivity index (χ3v) is 3.64. The number of halogens is 1. The molecule has 0 aliphatic carbocycles. The number of hydrogen-bond donors (Lipinski definition) is 1. The first-order valence-corrected chi connectivity index (χ1v) is 7.10. The zero-order valence-corrected chi connectivity index (χ0v) is 12.1. The molecule has 0 bridgehead atoms. The van der Waals surface area contributed by atoms with Gasteiger partial charge in [0, 0.05) is 20.8 Å². The number of rotatable bonds is 3. The maximum Gasteiger partial charge on any atom is 0.122 e. The molecule has 0 aliphatic rings. The second-order valence-electron chi connectivity index (χ2n) is 4.01. The van der Waals surface area contributed by atoms with Crippen molar-refractivity contribution in [2.24, 2.45) is 5.73 Å². The molecular weight excluding hydrogens is 278 g/mol. The van der Waals surface area contributed by atoms with Gasteiger partial charge in [-0.1, -0.05) is 23.4 Å². The van der Waals surface area contributed by atoms with Gasteiger partial charge in [0.25, 0.3) is 0 Å². The highest BCUT2D eigenvalue weighted by Gasteiger charge is 2.03. The van der Waals surface area contributed by atoms with E-state index in [1.54, 1.807) is 11.3 Å². The van der Waals surface area contributed by atoms with Crippen LogP contribution in [0.25, 0.3) is 0 Å². The number of aryl methyl sites for hydroxylation is 1. The topological polar surface area (TPSA) is 35.2 Å². The van der Waals surface area contributed by atoms with Gasteiger partial charge in [-0.15, -0.1) is 11.3 Å². The van der Waals surface area contributed by atoms with E-state index in [0.29, 0.717) is 13.2 Å². The molecule has 0 spiro atoms. The lowest BCUT2D eigenvalue weighted by Crippen LogP contribution is -1.94. The molecule has 4 heteroatoms. The zero-order chi connectivity index (χ0) is 13.7. The van der Waals surface area contributed by atoms with Crippen LogP contribution in [0.2, 0.25) is 5.02 Å². The molecule has 1 heterocycles. The van der Waals surface area contributed by atoms with Crippen LogP contribution in [0.1, 0.15) is 16.0 Å². The van der Waals surface area contributed by atoms with Crippen molar-refractivity contribution in [2.45, 2.75) is 13.5 Å². The molecule has 1 aromatic heterocycles. The summed E-state index contributed by atoms with van der Waals surface area (Å²) >= 11 is 7.54. The van der Waals surface area contributed by atoms with Crippen LogP contribution in [0.15, 0.2) is 29.6 Å². The summed E-state index contributed by atoms with van der Waals surface area (Å²) < 4.78 is 5.77. The monoisotopic (exact) mass is 291 g/mol. The molecule has 0 fully saturated rings. The average Bonchev–Trinajstić information content (AvgIpc) is 2.83. The Hall–Kier alpha value is -1.47. The van der Waals surface area contributed by atoms with E-state index < -0.39 is 0 Å². The van der Waals surface area contributed by atoms with Crippen molar-refractivity contribution in [1.82, 2.24) is 0 Å². The molecule has 19 heavy (non-hydrogen) atoms. The van der Waals surface area contributed by atoms with Gasteiger partial charge in [0.15, 0.2) is 0 Å². The second-order valence-corrected chi connectivity index (χ2v) is 5.44. The summed E-state index contributed by atoms with van der Waals surface area (Å²) in [5.41, 5.74) is 7.36. The molecular formula is C15H14ClNOS. The molecule has 0 unspecified atom stereocenters. The van der Waals surface area contributed by atoms with E-state index in [4.69, 9.17) is 22.1 Å². The molecule has 0 aliphatic heterocycles. The van der Waals surface area contributed by atoms with E-state index in [1.165, 1.54) is 0 Å². The van der Waals surface area contributed by atoms with Crippen molar-refractivity contribution in [1.29, 1.82) is 0 Å². The van der Waals surface area contributed by atoms with Crippen LogP contribution >= 0.6 is 22.9 Å². The predicted molar refractivity (Wildman–Crippen MR) is 80.8 cm³/mol. The maximum absolute atomic E-state index is 5.91. The molecule has 0 atom stereocenters. The Morgan fingerprint density at radius 1 is 1.37 bits per heavy atom. The summed E-state index contributed by atoms with van der Waals surface area (Å²) in [6.45, 7) is 2.90. The molecule has 1 aromatic carbocycles.